The fourth-order valence-corrected chi connectivity index (χ4v) is 2.79. The summed E-state index contributed by atoms with van der Waals surface area (Å²) in [6, 6.07) is 7.82. The highest BCUT2D eigenvalue weighted by molar-refractivity contribution is 9.10. The van der Waals surface area contributed by atoms with Gasteiger partial charge in [0.25, 0.3) is 0 Å². The lowest BCUT2D eigenvalue weighted by Crippen LogP contribution is -2.00. The van der Waals surface area contributed by atoms with Crippen LogP contribution in [0.1, 0.15) is 5.69 Å². The molecule has 23 heavy (non-hydrogen) atoms. The maximum atomic E-state index is 11.1. The van der Waals surface area contributed by atoms with Gasteiger partial charge in [0.15, 0.2) is 5.76 Å². The summed E-state index contributed by atoms with van der Waals surface area (Å²) in [6.07, 6.45) is 1.52. The number of halogens is 2. The first-order valence-corrected chi connectivity index (χ1v) is 7.47. The first kappa shape index (κ1) is 15.6. The van der Waals surface area contributed by atoms with Crippen LogP contribution in [0.2, 0.25) is 5.02 Å². The molecule has 118 valence electrons. The Morgan fingerprint density at radius 2 is 2.17 bits per heavy atom. The molecule has 0 fully saturated rings. The molecule has 0 amide bonds. The Morgan fingerprint density at radius 1 is 1.35 bits per heavy atom. The van der Waals surface area contributed by atoms with E-state index >= 15 is 0 Å². The van der Waals surface area contributed by atoms with Crippen LogP contribution in [-0.2, 0) is 6.61 Å². The first-order chi connectivity index (χ1) is 11.0. The third-order valence-electron chi connectivity index (χ3n) is 2.87. The smallest absolute Gasteiger partial charge is 0.313 e. The van der Waals surface area contributed by atoms with Crippen molar-refractivity contribution >= 4 is 33.2 Å². The number of nitro groups is 1. The fraction of sp³-hybridized carbons (Fsp3) is 0.0714. The van der Waals surface area contributed by atoms with Crippen molar-refractivity contribution in [3.8, 4) is 17.3 Å². The van der Waals surface area contributed by atoms with Gasteiger partial charge in [0.05, 0.1) is 15.7 Å². The van der Waals surface area contributed by atoms with Gasteiger partial charge in [-0.2, -0.15) is 0 Å². The molecule has 7 nitrogen and oxygen atoms in total. The van der Waals surface area contributed by atoms with Gasteiger partial charge in [-0.25, -0.2) is 0 Å². The highest BCUT2D eigenvalue weighted by Gasteiger charge is 2.21. The molecule has 0 N–H and O–H groups in total. The molecule has 3 aromatic rings. The highest BCUT2D eigenvalue weighted by Crippen LogP contribution is 2.38. The van der Waals surface area contributed by atoms with Gasteiger partial charge < -0.3 is 13.7 Å². The average molecular weight is 400 g/mol. The van der Waals surface area contributed by atoms with Crippen molar-refractivity contribution in [2.75, 3.05) is 0 Å². The quantitative estimate of drug-likeness (QED) is 0.450. The van der Waals surface area contributed by atoms with Crippen molar-refractivity contribution < 1.29 is 18.6 Å². The number of hydrogen-bond donors (Lipinski definition) is 0. The average Bonchev–Trinajstić information content (AvgIpc) is 3.16. The summed E-state index contributed by atoms with van der Waals surface area (Å²) in [6.45, 7) is -0.00865. The van der Waals surface area contributed by atoms with Crippen LogP contribution >= 0.6 is 27.5 Å². The molecule has 3 rings (SSSR count). The van der Waals surface area contributed by atoms with E-state index in [-0.39, 0.29) is 23.1 Å². The predicted octanol–water partition coefficient (Wildman–Crippen LogP) is 4.84. The molecule has 0 aliphatic carbocycles. The van der Waals surface area contributed by atoms with Crippen molar-refractivity contribution in [2.24, 2.45) is 0 Å². The number of furan rings is 1. The molecular formula is C14H8BrClN2O5. The monoisotopic (exact) mass is 398 g/mol. The molecule has 1 aromatic carbocycles. The lowest BCUT2D eigenvalue weighted by Gasteiger charge is -2.07. The second-order valence-electron chi connectivity index (χ2n) is 4.44. The van der Waals surface area contributed by atoms with Crippen molar-refractivity contribution in [2.45, 2.75) is 6.61 Å². The van der Waals surface area contributed by atoms with E-state index < -0.39 is 4.92 Å². The van der Waals surface area contributed by atoms with Gasteiger partial charge in [-0.1, -0.05) is 16.8 Å². The number of benzene rings is 1. The van der Waals surface area contributed by atoms with Crippen LogP contribution in [0.4, 0.5) is 5.69 Å². The van der Waals surface area contributed by atoms with E-state index in [2.05, 4.69) is 21.1 Å². The molecule has 0 saturated heterocycles. The molecule has 0 bridgehead atoms. The van der Waals surface area contributed by atoms with Crippen LogP contribution in [0.15, 0.2) is 50.0 Å². The zero-order valence-electron chi connectivity index (χ0n) is 11.4. The summed E-state index contributed by atoms with van der Waals surface area (Å²) in [5.41, 5.74) is 0.228. The Labute approximate surface area is 143 Å². The van der Waals surface area contributed by atoms with Crippen LogP contribution in [0.5, 0.6) is 5.75 Å². The summed E-state index contributed by atoms with van der Waals surface area (Å²) in [5, 5.41) is 15.2. The Morgan fingerprint density at radius 3 is 2.87 bits per heavy atom. The van der Waals surface area contributed by atoms with Crippen LogP contribution in [0.3, 0.4) is 0 Å². The Kier molecular flexibility index (Phi) is 4.35. The van der Waals surface area contributed by atoms with Gasteiger partial charge in [-0.05, 0) is 34.1 Å². The van der Waals surface area contributed by atoms with E-state index in [1.54, 1.807) is 18.2 Å². The maximum absolute atomic E-state index is 11.1. The molecule has 2 aromatic heterocycles. The van der Waals surface area contributed by atoms with Crippen LogP contribution in [-0.4, -0.2) is 10.1 Å². The van der Waals surface area contributed by atoms with E-state index in [1.807, 2.05) is 0 Å². The van der Waals surface area contributed by atoms with Crippen LogP contribution < -0.4 is 4.74 Å². The topological polar surface area (TPSA) is 91.5 Å². The summed E-state index contributed by atoms with van der Waals surface area (Å²) in [4.78, 5) is 10.5. The fourth-order valence-electron chi connectivity index (χ4n) is 1.89. The van der Waals surface area contributed by atoms with E-state index in [4.69, 9.17) is 25.3 Å². The van der Waals surface area contributed by atoms with Crippen molar-refractivity contribution in [3.63, 3.8) is 0 Å². The summed E-state index contributed by atoms with van der Waals surface area (Å²) in [5.74, 6) is 1.04. The standard InChI is InChI=1S/C14H8BrClN2O5/c15-10-4-8(16)5-11(18(19)20)14(10)22-7-9-6-13(23-17-9)12-2-1-3-21-12/h1-6H,7H2. The number of rotatable bonds is 5. The van der Waals surface area contributed by atoms with Gasteiger partial charge >= 0.3 is 5.69 Å². The molecular weight excluding hydrogens is 392 g/mol. The highest BCUT2D eigenvalue weighted by atomic mass is 79.9. The number of hydrogen-bond acceptors (Lipinski definition) is 6. The zero-order chi connectivity index (χ0) is 16.4. The lowest BCUT2D eigenvalue weighted by molar-refractivity contribution is -0.386. The molecule has 0 atom stereocenters. The van der Waals surface area contributed by atoms with Gasteiger partial charge in [0.2, 0.25) is 11.5 Å². The molecule has 0 unspecified atom stereocenters. The second kappa shape index (κ2) is 6.43. The minimum atomic E-state index is -0.566. The van der Waals surface area contributed by atoms with E-state index in [9.17, 15) is 10.1 Å². The summed E-state index contributed by atoms with van der Waals surface area (Å²) < 4.78 is 16.2. The van der Waals surface area contributed by atoms with Gasteiger partial charge in [-0.3, -0.25) is 10.1 Å². The van der Waals surface area contributed by atoms with E-state index in [0.29, 0.717) is 21.7 Å². The molecule has 0 aliphatic rings. The van der Waals surface area contributed by atoms with E-state index in [0.717, 1.165) is 0 Å². The Balaban J connectivity index is 1.80. The molecule has 9 heteroatoms. The van der Waals surface area contributed by atoms with Crippen LogP contribution in [0, 0.1) is 10.1 Å². The summed E-state index contributed by atoms with van der Waals surface area (Å²) in [7, 11) is 0. The molecule has 0 aliphatic heterocycles. The predicted molar refractivity (Wildman–Crippen MR) is 84.3 cm³/mol. The summed E-state index contributed by atoms with van der Waals surface area (Å²) >= 11 is 9.02. The second-order valence-corrected chi connectivity index (χ2v) is 5.73. The molecule has 0 spiro atoms. The Bertz CT molecular complexity index is 847. The number of aromatic nitrogens is 1. The minimum absolute atomic E-state index is 0.00865. The van der Waals surface area contributed by atoms with Gasteiger partial charge in [-0.15, -0.1) is 0 Å². The van der Waals surface area contributed by atoms with Crippen LogP contribution in [0.25, 0.3) is 11.5 Å². The van der Waals surface area contributed by atoms with Gasteiger partial charge in [0, 0.05) is 17.2 Å². The first-order valence-electron chi connectivity index (χ1n) is 6.30. The van der Waals surface area contributed by atoms with Crippen molar-refractivity contribution in [3.05, 3.63) is 61.9 Å². The Hall–Kier alpha value is -2.32. The zero-order valence-corrected chi connectivity index (χ0v) is 13.7. The van der Waals surface area contributed by atoms with Crippen molar-refractivity contribution in [1.82, 2.24) is 5.16 Å². The maximum Gasteiger partial charge on any atom is 0.313 e. The van der Waals surface area contributed by atoms with Crippen molar-refractivity contribution in [1.29, 1.82) is 0 Å². The van der Waals surface area contributed by atoms with Gasteiger partial charge in [0.1, 0.15) is 12.3 Å². The number of ether oxygens (including phenoxy) is 1. The lowest BCUT2D eigenvalue weighted by atomic mass is 10.3. The molecule has 2 heterocycles. The van der Waals surface area contributed by atoms with E-state index in [1.165, 1.54) is 18.4 Å². The number of nitrogens with zero attached hydrogens (tertiary/aromatic N) is 2. The largest absolute Gasteiger partial charge is 0.479 e. The third-order valence-corrected chi connectivity index (χ3v) is 3.68. The third kappa shape index (κ3) is 3.38. The number of nitro benzene ring substituents is 1. The molecule has 0 radical (unpaired) electrons. The molecule has 0 saturated carbocycles. The normalized spacial score (nSPS) is 10.7. The SMILES string of the molecule is O=[N+]([O-])c1cc(Cl)cc(Br)c1OCc1cc(-c2ccco2)on1. The minimum Gasteiger partial charge on any atom is -0.479 e.